The van der Waals surface area contributed by atoms with Crippen LogP contribution in [0, 0.1) is 11.7 Å². The van der Waals surface area contributed by atoms with Crippen molar-refractivity contribution >= 4 is 40.8 Å². The van der Waals surface area contributed by atoms with Gasteiger partial charge < -0.3 is 9.67 Å². The van der Waals surface area contributed by atoms with Crippen LogP contribution in [0.4, 0.5) is 0 Å². The average Bonchev–Trinajstić information content (AvgIpc) is 2.31. The summed E-state index contributed by atoms with van der Waals surface area (Å²) in [6, 6.07) is 0. The fourth-order valence-corrected chi connectivity index (χ4v) is 2.42. The first-order chi connectivity index (χ1) is 8.88. The number of H-pyrrole nitrogens is 1. The maximum Gasteiger partial charge on any atom is 0.338 e. The lowest BCUT2D eigenvalue weighted by Crippen LogP contribution is -2.19. The van der Waals surface area contributed by atoms with Gasteiger partial charge >= 0.3 is 5.97 Å². The predicted molar refractivity (Wildman–Crippen MR) is 73.6 cm³/mol. The standard InChI is InChI=1S/C11H10ClN3O3S/c1-3-15-8-6(9(16)14-11(15)19)5(10(17)18)7(12)4(2)13-8/h3H2,1-2H3,(H,17,18)(H,14,16,19). The second kappa shape index (κ2) is 4.75. The molecule has 0 aliphatic heterocycles. The lowest BCUT2D eigenvalue weighted by Gasteiger charge is -2.11. The second-order valence-corrected chi connectivity index (χ2v) is 4.66. The van der Waals surface area contributed by atoms with Gasteiger partial charge in [-0.25, -0.2) is 9.78 Å². The summed E-state index contributed by atoms with van der Waals surface area (Å²) in [7, 11) is 0. The molecule has 0 aromatic carbocycles. The van der Waals surface area contributed by atoms with Crippen LogP contribution in [-0.2, 0) is 6.54 Å². The second-order valence-electron chi connectivity index (χ2n) is 3.89. The van der Waals surface area contributed by atoms with E-state index >= 15 is 0 Å². The van der Waals surface area contributed by atoms with Crippen LogP contribution < -0.4 is 5.56 Å². The Kier molecular flexibility index (Phi) is 3.42. The highest BCUT2D eigenvalue weighted by atomic mass is 35.5. The Morgan fingerprint density at radius 2 is 2.21 bits per heavy atom. The van der Waals surface area contributed by atoms with E-state index in [9.17, 15) is 14.7 Å². The Balaban J connectivity index is 3.20. The van der Waals surface area contributed by atoms with Crippen LogP contribution in [0.5, 0.6) is 0 Å². The number of carbonyl (C=O) groups is 1. The Morgan fingerprint density at radius 1 is 1.58 bits per heavy atom. The maximum atomic E-state index is 12.0. The molecule has 2 heterocycles. The summed E-state index contributed by atoms with van der Waals surface area (Å²) in [6.45, 7) is 3.86. The van der Waals surface area contributed by atoms with Crippen molar-refractivity contribution in [3.63, 3.8) is 0 Å². The summed E-state index contributed by atoms with van der Waals surface area (Å²) in [4.78, 5) is 29.9. The van der Waals surface area contributed by atoms with Crippen molar-refractivity contribution in [2.24, 2.45) is 0 Å². The summed E-state index contributed by atoms with van der Waals surface area (Å²) >= 11 is 11.0. The van der Waals surface area contributed by atoms with E-state index in [-0.39, 0.29) is 26.4 Å². The molecule has 2 aromatic rings. The highest BCUT2D eigenvalue weighted by Gasteiger charge is 2.21. The summed E-state index contributed by atoms with van der Waals surface area (Å²) < 4.78 is 1.76. The molecule has 0 aliphatic carbocycles. The van der Waals surface area contributed by atoms with Gasteiger partial charge in [-0.2, -0.15) is 0 Å². The molecule has 2 aromatic heterocycles. The lowest BCUT2D eigenvalue weighted by atomic mass is 10.1. The number of carboxylic acid groups (broad SMARTS) is 1. The van der Waals surface area contributed by atoms with E-state index in [1.165, 1.54) is 0 Å². The SMILES string of the molecule is CCn1c(=S)[nH]c(=O)c2c(C(=O)O)c(Cl)c(C)nc21. The van der Waals surface area contributed by atoms with Gasteiger partial charge in [0.05, 0.1) is 21.7 Å². The average molecular weight is 300 g/mol. The Labute approximate surface area is 117 Å². The molecular formula is C11H10ClN3O3S. The Hall–Kier alpha value is -1.73. The van der Waals surface area contributed by atoms with Crippen LogP contribution in [0.3, 0.4) is 0 Å². The van der Waals surface area contributed by atoms with Gasteiger partial charge in [-0.05, 0) is 26.1 Å². The number of halogens is 1. The minimum absolute atomic E-state index is 0.0368. The summed E-state index contributed by atoms with van der Waals surface area (Å²) in [5, 5.41) is 9.15. The molecule has 0 fully saturated rings. The number of hydrogen-bond acceptors (Lipinski definition) is 4. The molecule has 0 unspecified atom stereocenters. The van der Waals surface area contributed by atoms with Gasteiger partial charge in [0.15, 0.2) is 4.77 Å². The van der Waals surface area contributed by atoms with E-state index < -0.39 is 11.5 Å². The van der Waals surface area contributed by atoms with Gasteiger partial charge in [0.1, 0.15) is 5.65 Å². The lowest BCUT2D eigenvalue weighted by molar-refractivity contribution is 0.0699. The van der Waals surface area contributed by atoms with Crippen LogP contribution in [0.15, 0.2) is 4.79 Å². The van der Waals surface area contributed by atoms with Gasteiger partial charge in [0, 0.05) is 6.54 Å². The molecule has 0 spiro atoms. The van der Waals surface area contributed by atoms with E-state index in [0.29, 0.717) is 12.2 Å². The van der Waals surface area contributed by atoms with Crippen molar-refractivity contribution in [2.45, 2.75) is 20.4 Å². The number of aromatic amines is 1. The number of rotatable bonds is 2. The number of pyridine rings is 1. The zero-order chi connectivity index (χ0) is 14.3. The van der Waals surface area contributed by atoms with Gasteiger partial charge in [0.25, 0.3) is 5.56 Å². The number of aromatic nitrogens is 3. The predicted octanol–water partition coefficient (Wildman–Crippen LogP) is 2.13. The van der Waals surface area contributed by atoms with Gasteiger partial charge in [-0.1, -0.05) is 11.6 Å². The molecule has 0 saturated carbocycles. The molecule has 6 nitrogen and oxygen atoms in total. The normalized spacial score (nSPS) is 10.9. The third-order valence-corrected chi connectivity index (χ3v) is 3.55. The van der Waals surface area contributed by atoms with Crippen molar-refractivity contribution in [1.29, 1.82) is 0 Å². The molecule has 0 atom stereocenters. The van der Waals surface area contributed by atoms with E-state index in [1.807, 2.05) is 6.92 Å². The van der Waals surface area contributed by atoms with Crippen LogP contribution in [0.2, 0.25) is 5.02 Å². The molecule has 8 heteroatoms. The number of fused-ring (bicyclic) bond motifs is 1. The molecule has 0 bridgehead atoms. The summed E-state index contributed by atoms with van der Waals surface area (Å²) in [5.41, 5.74) is -0.275. The quantitative estimate of drug-likeness (QED) is 0.829. The molecule has 0 saturated heterocycles. The minimum Gasteiger partial charge on any atom is -0.478 e. The molecule has 100 valence electrons. The monoisotopic (exact) mass is 299 g/mol. The van der Waals surface area contributed by atoms with E-state index in [4.69, 9.17) is 23.8 Å². The molecule has 0 amide bonds. The maximum absolute atomic E-state index is 12.0. The van der Waals surface area contributed by atoms with Crippen molar-refractivity contribution in [2.75, 3.05) is 0 Å². The highest BCUT2D eigenvalue weighted by molar-refractivity contribution is 7.71. The third-order valence-electron chi connectivity index (χ3n) is 2.76. The van der Waals surface area contributed by atoms with Crippen LogP contribution in [0.25, 0.3) is 11.0 Å². The van der Waals surface area contributed by atoms with Gasteiger partial charge in [-0.15, -0.1) is 0 Å². The van der Waals surface area contributed by atoms with E-state index in [1.54, 1.807) is 11.5 Å². The first-order valence-electron chi connectivity index (χ1n) is 5.44. The largest absolute Gasteiger partial charge is 0.478 e. The fourth-order valence-electron chi connectivity index (χ4n) is 1.89. The first kappa shape index (κ1) is 13.7. The Morgan fingerprint density at radius 3 is 2.74 bits per heavy atom. The van der Waals surface area contributed by atoms with Crippen molar-refractivity contribution in [3.05, 3.63) is 31.4 Å². The number of nitrogens with zero attached hydrogens (tertiary/aromatic N) is 2. The molecule has 2 N–H and O–H groups in total. The summed E-state index contributed by atoms with van der Waals surface area (Å²) in [5.74, 6) is -1.27. The molecule has 0 radical (unpaired) electrons. The topological polar surface area (TPSA) is 88.0 Å². The van der Waals surface area contributed by atoms with E-state index in [2.05, 4.69) is 9.97 Å². The van der Waals surface area contributed by atoms with Crippen LogP contribution in [0.1, 0.15) is 23.0 Å². The van der Waals surface area contributed by atoms with Gasteiger partial charge in [-0.3, -0.25) is 9.78 Å². The number of aryl methyl sites for hydroxylation is 2. The van der Waals surface area contributed by atoms with E-state index in [0.717, 1.165) is 0 Å². The van der Waals surface area contributed by atoms with Crippen LogP contribution >= 0.6 is 23.8 Å². The van der Waals surface area contributed by atoms with Crippen molar-refractivity contribution in [1.82, 2.24) is 14.5 Å². The van der Waals surface area contributed by atoms with Gasteiger partial charge in [0.2, 0.25) is 0 Å². The zero-order valence-corrected chi connectivity index (χ0v) is 11.7. The highest BCUT2D eigenvalue weighted by Crippen LogP contribution is 2.25. The number of nitrogens with one attached hydrogen (secondary N) is 1. The zero-order valence-electron chi connectivity index (χ0n) is 10.2. The third kappa shape index (κ3) is 2.04. The molecule has 19 heavy (non-hydrogen) atoms. The summed E-state index contributed by atoms with van der Waals surface area (Å²) in [6.07, 6.45) is 0. The first-order valence-corrected chi connectivity index (χ1v) is 6.23. The number of hydrogen-bond donors (Lipinski definition) is 2. The number of carboxylic acids is 1. The molecule has 0 aliphatic rings. The fraction of sp³-hybridized carbons (Fsp3) is 0.273. The van der Waals surface area contributed by atoms with Crippen LogP contribution in [-0.4, -0.2) is 25.6 Å². The van der Waals surface area contributed by atoms with Crippen molar-refractivity contribution < 1.29 is 9.90 Å². The molecular weight excluding hydrogens is 290 g/mol. The van der Waals surface area contributed by atoms with Crippen molar-refractivity contribution in [3.8, 4) is 0 Å². The number of aromatic carboxylic acids is 1. The minimum atomic E-state index is -1.27. The molecule has 2 rings (SSSR count). The Bertz CT molecular complexity index is 809. The smallest absolute Gasteiger partial charge is 0.338 e.